The zero-order chi connectivity index (χ0) is 17.3. The van der Waals surface area contributed by atoms with Crippen molar-refractivity contribution in [2.75, 3.05) is 26.2 Å². The minimum Gasteiger partial charge on any atom is -0.314 e. The van der Waals surface area contributed by atoms with E-state index in [-0.39, 0.29) is 10.6 Å². The summed E-state index contributed by atoms with van der Waals surface area (Å²) in [4.78, 5) is 2.79. The molecular weight excluding hydrogens is 380 g/mol. The molecule has 0 spiro atoms. The summed E-state index contributed by atoms with van der Waals surface area (Å²) in [5.74, 6) is 0. The van der Waals surface area contributed by atoms with Crippen LogP contribution in [0.25, 0.3) is 0 Å². The van der Waals surface area contributed by atoms with E-state index in [1.807, 2.05) is 4.90 Å². The van der Waals surface area contributed by atoms with Crippen molar-refractivity contribution in [3.63, 3.8) is 0 Å². The van der Waals surface area contributed by atoms with Gasteiger partial charge in [0.25, 0.3) is 0 Å². The largest absolute Gasteiger partial charge is 0.416 e. The van der Waals surface area contributed by atoms with E-state index in [0.717, 1.165) is 24.0 Å². The van der Waals surface area contributed by atoms with E-state index in [2.05, 4.69) is 5.32 Å². The average Bonchev–Trinajstić information content (AvgIpc) is 2.95. The number of rotatable bonds is 3. The van der Waals surface area contributed by atoms with Crippen molar-refractivity contribution in [2.24, 2.45) is 0 Å². The summed E-state index contributed by atoms with van der Waals surface area (Å²) in [6.45, 7) is 2.73. The lowest BCUT2D eigenvalue weighted by molar-refractivity contribution is -0.138. The van der Waals surface area contributed by atoms with Crippen molar-refractivity contribution >= 4 is 34.5 Å². The van der Waals surface area contributed by atoms with Crippen LogP contribution in [0.1, 0.15) is 22.0 Å². The predicted molar refractivity (Wildman–Crippen MR) is 92.1 cm³/mol. The number of piperazine rings is 1. The third-order valence-corrected chi connectivity index (χ3v) is 5.63. The maximum Gasteiger partial charge on any atom is 0.416 e. The van der Waals surface area contributed by atoms with E-state index < -0.39 is 17.8 Å². The van der Waals surface area contributed by atoms with Crippen LogP contribution in [-0.2, 0) is 6.18 Å². The molecule has 0 amide bonds. The van der Waals surface area contributed by atoms with E-state index >= 15 is 0 Å². The van der Waals surface area contributed by atoms with Gasteiger partial charge in [-0.15, -0.1) is 11.3 Å². The molecule has 0 bridgehead atoms. The molecule has 2 heterocycles. The SMILES string of the molecule is FC(F)(F)c1cccc(Cl)c1[C@@H](c1ccc(Cl)s1)N1CCNCC1. The molecule has 24 heavy (non-hydrogen) atoms. The first-order valence-corrected chi connectivity index (χ1v) is 9.01. The van der Waals surface area contributed by atoms with Crippen LogP contribution in [0.5, 0.6) is 0 Å². The Kier molecular flexibility index (Phi) is 5.42. The van der Waals surface area contributed by atoms with E-state index in [0.29, 0.717) is 17.4 Å². The Morgan fingerprint density at radius 2 is 1.79 bits per heavy atom. The molecule has 1 saturated heterocycles. The summed E-state index contributed by atoms with van der Waals surface area (Å²) in [6, 6.07) is 6.87. The standard InChI is InChI=1S/C16H15Cl2F3N2S/c17-11-3-1-2-10(16(19,20)21)14(11)15(12-4-5-13(18)24-12)23-8-6-22-7-9-23/h1-5,15,22H,6-9H2/t15-/m1/s1. The Bertz CT molecular complexity index is 712. The number of hydrogen-bond acceptors (Lipinski definition) is 3. The monoisotopic (exact) mass is 394 g/mol. The summed E-state index contributed by atoms with van der Waals surface area (Å²) in [5.41, 5.74) is -0.588. The second-order valence-corrected chi connectivity index (χ2v) is 7.68. The molecule has 2 aromatic rings. The second-order valence-electron chi connectivity index (χ2n) is 5.53. The molecule has 0 unspecified atom stereocenters. The highest BCUT2D eigenvalue weighted by molar-refractivity contribution is 7.16. The van der Waals surface area contributed by atoms with Gasteiger partial charge in [-0.25, -0.2) is 0 Å². The Hall–Kier alpha value is -0.790. The van der Waals surface area contributed by atoms with Gasteiger partial charge in [0, 0.05) is 41.6 Å². The van der Waals surface area contributed by atoms with Gasteiger partial charge in [-0.05, 0) is 24.3 Å². The number of benzene rings is 1. The van der Waals surface area contributed by atoms with Gasteiger partial charge >= 0.3 is 6.18 Å². The highest BCUT2D eigenvalue weighted by atomic mass is 35.5. The Morgan fingerprint density at radius 3 is 2.38 bits per heavy atom. The molecule has 0 radical (unpaired) electrons. The number of thiophene rings is 1. The van der Waals surface area contributed by atoms with Gasteiger partial charge in [0.15, 0.2) is 0 Å². The minimum atomic E-state index is -4.46. The fraction of sp³-hybridized carbons (Fsp3) is 0.375. The lowest BCUT2D eigenvalue weighted by Gasteiger charge is -2.36. The smallest absolute Gasteiger partial charge is 0.314 e. The molecule has 1 aliphatic heterocycles. The molecule has 1 fully saturated rings. The van der Waals surface area contributed by atoms with Crippen molar-refractivity contribution in [1.29, 1.82) is 0 Å². The van der Waals surface area contributed by atoms with Crippen molar-refractivity contribution in [1.82, 2.24) is 10.2 Å². The van der Waals surface area contributed by atoms with Crippen molar-refractivity contribution in [3.05, 3.63) is 55.7 Å². The molecule has 1 aromatic heterocycles. The number of nitrogens with zero attached hydrogens (tertiary/aromatic N) is 1. The second kappa shape index (κ2) is 7.22. The van der Waals surface area contributed by atoms with Gasteiger partial charge in [-0.3, -0.25) is 4.90 Å². The van der Waals surface area contributed by atoms with Gasteiger partial charge in [-0.2, -0.15) is 13.2 Å². The molecule has 1 aliphatic rings. The molecular formula is C16H15Cl2F3N2S. The van der Waals surface area contributed by atoms with Crippen molar-refractivity contribution < 1.29 is 13.2 Å². The zero-order valence-electron chi connectivity index (χ0n) is 12.5. The Morgan fingerprint density at radius 1 is 1.08 bits per heavy atom. The average molecular weight is 395 g/mol. The van der Waals surface area contributed by atoms with E-state index in [4.69, 9.17) is 23.2 Å². The predicted octanol–water partition coefficient (Wildman–Crippen LogP) is 5.07. The first-order chi connectivity index (χ1) is 11.4. The van der Waals surface area contributed by atoms with Crippen LogP contribution < -0.4 is 5.32 Å². The fourth-order valence-corrected chi connectivity index (χ4v) is 4.47. The molecule has 2 nitrogen and oxygen atoms in total. The molecule has 0 saturated carbocycles. The van der Waals surface area contributed by atoms with Crippen LogP contribution >= 0.6 is 34.5 Å². The number of hydrogen-bond donors (Lipinski definition) is 1. The Labute approximate surface area is 152 Å². The van der Waals surface area contributed by atoms with E-state index in [1.165, 1.54) is 23.5 Å². The first-order valence-electron chi connectivity index (χ1n) is 7.43. The number of alkyl halides is 3. The van der Waals surface area contributed by atoms with E-state index in [9.17, 15) is 13.2 Å². The van der Waals surface area contributed by atoms with Gasteiger partial charge < -0.3 is 5.32 Å². The quantitative estimate of drug-likeness (QED) is 0.781. The number of halogens is 5. The van der Waals surface area contributed by atoms with Crippen molar-refractivity contribution in [3.8, 4) is 0 Å². The fourth-order valence-electron chi connectivity index (χ4n) is 2.98. The summed E-state index contributed by atoms with van der Waals surface area (Å²) in [5, 5.41) is 3.34. The molecule has 1 N–H and O–H groups in total. The van der Waals surface area contributed by atoms with Crippen LogP contribution in [0.15, 0.2) is 30.3 Å². The highest BCUT2D eigenvalue weighted by Crippen LogP contribution is 2.44. The van der Waals surface area contributed by atoms with Crippen LogP contribution in [0, 0.1) is 0 Å². The maximum absolute atomic E-state index is 13.6. The summed E-state index contributed by atoms with van der Waals surface area (Å²) in [6.07, 6.45) is -4.46. The summed E-state index contributed by atoms with van der Waals surface area (Å²) < 4.78 is 41.2. The summed E-state index contributed by atoms with van der Waals surface area (Å²) >= 11 is 13.6. The highest BCUT2D eigenvalue weighted by Gasteiger charge is 2.39. The van der Waals surface area contributed by atoms with Gasteiger partial charge in [0.1, 0.15) is 0 Å². The topological polar surface area (TPSA) is 15.3 Å². The molecule has 0 aliphatic carbocycles. The van der Waals surface area contributed by atoms with Crippen LogP contribution in [0.3, 0.4) is 0 Å². The van der Waals surface area contributed by atoms with Crippen molar-refractivity contribution in [2.45, 2.75) is 12.2 Å². The molecule has 130 valence electrons. The normalized spacial score (nSPS) is 17.9. The summed E-state index contributed by atoms with van der Waals surface area (Å²) in [7, 11) is 0. The first kappa shape index (κ1) is 18.0. The molecule has 3 rings (SSSR count). The third kappa shape index (κ3) is 3.73. The maximum atomic E-state index is 13.6. The van der Waals surface area contributed by atoms with E-state index in [1.54, 1.807) is 12.1 Å². The molecule has 8 heteroatoms. The van der Waals surface area contributed by atoms with Gasteiger partial charge in [-0.1, -0.05) is 29.3 Å². The lowest BCUT2D eigenvalue weighted by atomic mass is 9.96. The number of nitrogens with one attached hydrogen (secondary N) is 1. The van der Waals surface area contributed by atoms with Crippen LogP contribution in [0.4, 0.5) is 13.2 Å². The van der Waals surface area contributed by atoms with Crippen LogP contribution in [-0.4, -0.2) is 31.1 Å². The molecule has 1 aromatic carbocycles. The third-order valence-electron chi connectivity index (χ3n) is 4.01. The van der Waals surface area contributed by atoms with Crippen LogP contribution in [0.2, 0.25) is 9.36 Å². The lowest BCUT2D eigenvalue weighted by Crippen LogP contribution is -2.45. The van der Waals surface area contributed by atoms with Gasteiger partial charge in [0.2, 0.25) is 0 Å². The molecule has 1 atom stereocenters. The van der Waals surface area contributed by atoms with Gasteiger partial charge in [0.05, 0.1) is 15.9 Å². The minimum absolute atomic E-state index is 0.104. The Balaban J connectivity index is 2.15. The zero-order valence-corrected chi connectivity index (χ0v) is 14.9.